The molecule has 1 aromatic carbocycles. The number of alkyl halides is 3. The third-order valence-electron chi connectivity index (χ3n) is 6.44. The minimum Gasteiger partial charge on any atom is -0.472 e. The summed E-state index contributed by atoms with van der Waals surface area (Å²) < 4.78 is 73.5. The van der Waals surface area contributed by atoms with Gasteiger partial charge in [0, 0.05) is 12.2 Å². The maximum Gasteiger partial charge on any atom is 0.416 e. The highest BCUT2D eigenvalue weighted by molar-refractivity contribution is 7.92. The summed E-state index contributed by atoms with van der Waals surface area (Å²) in [5.41, 5.74) is -0.123. The minimum absolute atomic E-state index is 0.0112. The van der Waals surface area contributed by atoms with Gasteiger partial charge in [0.1, 0.15) is 34.8 Å². The second-order valence-electron chi connectivity index (χ2n) is 9.16. The average Bonchev–Trinajstić information content (AvgIpc) is 2.89. The first-order valence-electron chi connectivity index (χ1n) is 11.7. The van der Waals surface area contributed by atoms with E-state index in [1.165, 1.54) is 36.8 Å². The number of likely N-dealkylation sites (N-methyl/N-ethyl adjacent to an activating group) is 1. The van der Waals surface area contributed by atoms with Crippen LogP contribution in [0.5, 0.6) is 5.88 Å². The molecule has 1 saturated carbocycles. The summed E-state index contributed by atoms with van der Waals surface area (Å²) in [7, 11) is -0.370. The lowest BCUT2D eigenvalue weighted by molar-refractivity contribution is -0.137. The summed E-state index contributed by atoms with van der Waals surface area (Å²) in [4.78, 5) is 13.4. The van der Waals surface area contributed by atoms with Crippen molar-refractivity contribution in [2.75, 3.05) is 18.8 Å². The summed E-state index contributed by atoms with van der Waals surface area (Å²) in [5, 5.41) is 9.68. The number of benzene rings is 1. The van der Waals surface area contributed by atoms with E-state index in [1.54, 1.807) is 6.07 Å². The summed E-state index contributed by atoms with van der Waals surface area (Å²) in [5.74, 6) is -0.0543. The van der Waals surface area contributed by atoms with Crippen molar-refractivity contribution in [2.45, 2.75) is 48.4 Å². The molecule has 1 N–H and O–H groups in total. The standard InChI is InChI=1S/C25H25F3N6O3S/c1-34(2)21-12-17(16-4-3-5-19(10-16)25(26,27)28)6-7-22(21)37-24-18(13-29)11-20(14-31-24)38(35,36)33-23-8-9-30-15-32-23/h3-5,8-11,14-15,17,21-22H,6-7,12H2,1-2H3,(H,30,32,33)/t17-,21-,22-/m0/s1. The summed E-state index contributed by atoms with van der Waals surface area (Å²) >= 11 is 0. The van der Waals surface area contributed by atoms with Crippen LogP contribution in [0.25, 0.3) is 0 Å². The maximum absolute atomic E-state index is 13.2. The van der Waals surface area contributed by atoms with E-state index in [2.05, 4.69) is 19.7 Å². The zero-order valence-electron chi connectivity index (χ0n) is 20.6. The highest BCUT2D eigenvalue weighted by Gasteiger charge is 2.36. The summed E-state index contributed by atoms with van der Waals surface area (Å²) in [6.07, 6.45) is 0.461. The molecule has 9 nitrogen and oxygen atoms in total. The molecule has 38 heavy (non-hydrogen) atoms. The maximum atomic E-state index is 13.2. The van der Waals surface area contributed by atoms with Gasteiger partial charge in [0.15, 0.2) is 0 Å². The van der Waals surface area contributed by atoms with Crippen molar-refractivity contribution in [1.82, 2.24) is 19.9 Å². The van der Waals surface area contributed by atoms with Crippen LogP contribution in [0, 0.1) is 11.3 Å². The zero-order chi connectivity index (χ0) is 27.5. The Bertz CT molecular complexity index is 1430. The van der Waals surface area contributed by atoms with Gasteiger partial charge in [0.2, 0.25) is 5.88 Å². The normalized spacial score (nSPS) is 20.1. The van der Waals surface area contributed by atoms with Gasteiger partial charge in [-0.15, -0.1) is 0 Å². The Labute approximate surface area is 218 Å². The average molecular weight is 547 g/mol. The third kappa shape index (κ3) is 6.20. The topological polar surface area (TPSA) is 121 Å². The van der Waals surface area contributed by atoms with Crippen molar-refractivity contribution in [3.8, 4) is 11.9 Å². The number of nitrogens with zero attached hydrogens (tertiary/aromatic N) is 5. The number of halogens is 3. The largest absolute Gasteiger partial charge is 0.472 e. The van der Waals surface area contributed by atoms with Crippen LogP contribution in [0.2, 0.25) is 0 Å². The van der Waals surface area contributed by atoms with E-state index in [1.807, 2.05) is 25.1 Å². The first kappa shape index (κ1) is 27.3. The molecule has 0 amide bonds. The minimum atomic E-state index is -4.42. The van der Waals surface area contributed by atoms with Gasteiger partial charge in [-0.2, -0.15) is 18.4 Å². The van der Waals surface area contributed by atoms with Crippen molar-refractivity contribution >= 4 is 15.8 Å². The Hall–Kier alpha value is -3.76. The number of nitriles is 1. The fourth-order valence-corrected chi connectivity index (χ4v) is 5.49. The van der Waals surface area contributed by atoms with Gasteiger partial charge in [-0.25, -0.2) is 23.4 Å². The van der Waals surface area contributed by atoms with Gasteiger partial charge in [-0.3, -0.25) is 4.72 Å². The van der Waals surface area contributed by atoms with Gasteiger partial charge in [0.25, 0.3) is 10.0 Å². The van der Waals surface area contributed by atoms with E-state index in [0.29, 0.717) is 24.8 Å². The quantitative estimate of drug-likeness (QED) is 0.468. The molecule has 13 heteroatoms. The summed E-state index contributed by atoms with van der Waals surface area (Å²) in [6, 6.07) is 9.69. The van der Waals surface area contributed by atoms with Gasteiger partial charge < -0.3 is 9.64 Å². The van der Waals surface area contributed by atoms with Crippen LogP contribution in [0.3, 0.4) is 0 Å². The van der Waals surface area contributed by atoms with Crippen LogP contribution in [-0.4, -0.2) is 54.5 Å². The van der Waals surface area contributed by atoms with Crippen LogP contribution in [-0.2, 0) is 16.2 Å². The molecule has 1 aliphatic carbocycles. The van der Waals surface area contributed by atoms with Crippen LogP contribution in [0.15, 0.2) is 60.0 Å². The summed E-state index contributed by atoms with van der Waals surface area (Å²) in [6.45, 7) is 0. The Morgan fingerprint density at radius 1 is 1.16 bits per heavy atom. The van der Waals surface area contributed by atoms with E-state index < -0.39 is 27.9 Å². The van der Waals surface area contributed by atoms with E-state index in [0.717, 1.165) is 12.3 Å². The van der Waals surface area contributed by atoms with Crippen molar-refractivity contribution in [2.24, 2.45) is 0 Å². The molecule has 0 aliphatic heterocycles. The number of sulfonamides is 1. The molecular formula is C25H25F3N6O3S. The number of aromatic nitrogens is 3. The Balaban J connectivity index is 1.52. The van der Waals surface area contributed by atoms with Gasteiger partial charge in [-0.05, 0) is 63.0 Å². The van der Waals surface area contributed by atoms with Crippen LogP contribution >= 0.6 is 0 Å². The number of rotatable bonds is 7. The molecule has 0 unspecified atom stereocenters. The third-order valence-corrected chi connectivity index (χ3v) is 7.77. The smallest absolute Gasteiger partial charge is 0.416 e. The fraction of sp³-hybridized carbons (Fsp3) is 0.360. The zero-order valence-corrected chi connectivity index (χ0v) is 21.4. The molecule has 0 saturated heterocycles. The molecule has 3 aromatic rings. The highest BCUT2D eigenvalue weighted by Crippen LogP contribution is 2.39. The molecule has 3 atom stereocenters. The van der Waals surface area contributed by atoms with Gasteiger partial charge >= 0.3 is 6.18 Å². The molecule has 0 spiro atoms. The van der Waals surface area contributed by atoms with Crippen LogP contribution in [0.1, 0.15) is 41.9 Å². The number of anilines is 1. The van der Waals surface area contributed by atoms with E-state index >= 15 is 0 Å². The molecule has 1 fully saturated rings. The lowest BCUT2D eigenvalue weighted by Crippen LogP contribution is -2.46. The second-order valence-corrected chi connectivity index (χ2v) is 10.8. The Morgan fingerprint density at radius 2 is 1.95 bits per heavy atom. The monoisotopic (exact) mass is 546 g/mol. The van der Waals surface area contributed by atoms with Crippen molar-refractivity contribution in [1.29, 1.82) is 5.26 Å². The van der Waals surface area contributed by atoms with Crippen LogP contribution < -0.4 is 9.46 Å². The predicted octanol–water partition coefficient (Wildman–Crippen LogP) is 4.21. The first-order chi connectivity index (χ1) is 18.0. The second kappa shape index (κ2) is 10.9. The highest BCUT2D eigenvalue weighted by atomic mass is 32.2. The fourth-order valence-electron chi connectivity index (χ4n) is 4.52. The Kier molecular flexibility index (Phi) is 7.84. The molecule has 2 aromatic heterocycles. The van der Waals surface area contributed by atoms with Gasteiger partial charge in [-0.1, -0.05) is 18.2 Å². The first-order valence-corrected chi connectivity index (χ1v) is 13.2. The van der Waals surface area contributed by atoms with Gasteiger partial charge in [0.05, 0.1) is 11.8 Å². The Morgan fingerprint density at radius 3 is 2.61 bits per heavy atom. The molecule has 0 bridgehead atoms. The lowest BCUT2D eigenvalue weighted by atomic mass is 9.79. The van der Waals surface area contributed by atoms with Crippen LogP contribution in [0.4, 0.5) is 19.0 Å². The molecule has 1 aliphatic rings. The van der Waals surface area contributed by atoms with E-state index in [-0.39, 0.29) is 34.1 Å². The van der Waals surface area contributed by atoms with Crippen molar-refractivity contribution in [3.63, 3.8) is 0 Å². The van der Waals surface area contributed by atoms with E-state index in [4.69, 9.17) is 4.74 Å². The molecule has 0 radical (unpaired) electrons. The molecule has 200 valence electrons. The molecular weight excluding hydrogens is 521 g/mol. The SMILES string of the molecule is CN(C)[C@H]1C[C@@H](c2cccc(C(F)(F)F)c2)CC[C@@H]1Oc1ncc(S(=O)(=O)Nc2ccncn2)cc1C#N. The number of hydrogen-bond donors (Lipinski definition) is 1. The molecule has 4 rings (SSSR count). The number of ether oxygens (including phenoxy) is 1. The number of nitrogens with one attached hydrogen (secondary N) is 1. The number of hydrogen-bond acceptors (Lipinski definition) is 8. The molecule has 2 heterocycles. The van der Waals surface area contributed by atoms with Crippen molar-refractivity contribution in [3.05, 3.63) is 71.8 Å². The van der Waals surface area contributed by atoms with E-state index in [9.17, 15) is 26.9 Å². The predicted molar refractivity (Wildman–Crippen MR) is 132 cm³/mol. The van der Waals surface area contributed by atoms with Crippen molar-refractivity contribution < 1.29 is 26.3 Å². The number of pyridine rings is 1. The lowest BCUT2D eigenvalue weighted by Gasteiger charge is -2.39.